The first-order chi connectivity index (χ1) is 9.13. The van der Waals surface area contributed by atoms with Gasteiger partial charge in [-0.2, -0.15) is 0 Å². The fourth-order valence-corrected chi connectivity index (χ4v) is 3.16. The highest BCUT2D eigenvalue weighted by molar-refractivity contribution is 6.18. The third kappa shape index (κ3) is 3.97. The van der Waals surface area contributed by atoms with E-state index in [1.165, 1.54) is 24.0 Å². The van der Waals surface area contributed by atoms with Crippen LogP contribution in [-0.4, -0.2) is 17.3 Å². The number of nitrogens with one attached hydrogen (secondary N) is 1. The zero-order valence-corrected chi connectivity index (χ0v) is 12.3. The molecule has 2 rings (SSSR count). The van der Waals surface area contributed by atoms with Crippen molar-refractivity contribution in [2.45, 2.75) is 51.0 Å². The lowest BCUT2D eigenvalue weighted by Crippen LogP contribution is -2.47. The summed E-state index contributed by atoms with van der Waals surface area (Å²) in [6, 6.07) is 8.33. The van der Waals surface area contributed by atoms with Crippen molar-refractivity contribution in [2.75, 3.05) is 5.88 Å². The van der Waals surface area contributed by atoms with Gasteiger partial charge in [-0.15, -0.1) is 11.6 Å². The van der Waals surface area contributed by atoms with Crippen molar-refractivity contribution in [3.63, 3.8) is 0 Å². The second kappa shape index (κ2) is 6.42. The van der Waals surface area contributed by atoms with Crippen LogP contribution in [0.25, 0.3) is 0 Å². The predicted octanol–water partition coefficient (Wildman–Crippen LogP) is 3.60. The van der Waals surface area contributed by atoms with Gasteiger partial charge in [-0.1, -0.05) is 42.7 Å². The van der Waals surface area contributed by atoms with Crippen LogP contribution in [0, 0.1) is 6.92 Å². The van der Waals surface area contributed by atoms with E-state index in [4.69, 9.17) is 11.6 Å². The average Bonchev–Trinajstić information content (AvgIpc) is 2.86. The van der Waals surface area contributed by atoms with E-state index in [1.54, 1.807) is 0 Å². The van der Waals surface area contributed by atoms with E-state index >= 15 is 0 Å². The van der Waals surface area contributed by atoms with Gasteiger partial charge >= 0.3 is 0 Å². The average molecular weight is 280 g/mol. The summed E-state index contributed by atoms with van der Waals surface area (Å²) < 4.78 is 0. The van der Waals surface area contributed by atoms with Crippen LogP contribution in [-0.2, 0) is 11.2 Å². The van der Waals surface area contributed by atoms with Crippen molar-refractivity contribution in [2.24, 2.45) is 0 Å². The van der Waals surface area contributed by atoms with Crippen molar-refractivity contribution in [1.29, 1.82) is 0 Å². The molecule has 0 atom stereocenters. The minimum atomic E-state index is -0.134. The van der Waals surface area contributed by atoms with Crippen LogP contribution in [0.1, 0.15) is 43.2 Å². The van der Waals surface area contributed by atoms with Gasteiger partial charge < -0.3 is 5.32 Å². The summed E-state index contributed by atoms with van der Waals surface area (Å²) in [5.74, 6) is 0.660. The summed E-state index contributed by atoms with van der Waals surface area (Å²) in [5.41, 5.74) is 2.33. The number of hydrogen-bond acceptors (Lipinski definition) is 1. The Labute approximate surface area is 120 Å². The van der Waals surface area contributed by atoms with Gasteiger partial charge in [0.1, 0.15) is 0 Å². The Morgan fingerprint density at radius 3 is 2.74 bits per heavy atom. The Hall–Kier alpha value is -1.02. The van der Waals surface area contributed by atoms with Gasteiger partial charge in [0, 0.05) is 12.3 Å². The largest absolute Gasteiger partial charge is 0.349 e. The molecule has 1 aliphatic rings. The maximum atomic E-state index is 12.1. The highest BCUT2D eigenvalue weighted by atomic mass is 35.5. The third-order valence-corrected chi connectivity index (χ3v) is 4.46. The molecular weight excluding hydrogens is 258 g/mol. The molecular formula is C16H22ClNO. The normalized spacial score (nSPS) is 17.4. The summed E-state index contributed by atoms with van der Waals surface area (Å²) in [7, 11) is 0. The topological polar surface area (TPSA) is 29.1 Å². The van der Waals surface area contributed by atoms with E-state index in [2.05, 4.69) is 30.4 Å². The van der Waals surface area contributed by atoms with E-state index in [-0.39, 0.29) is 11.4 Å². The summed E-state index contributed by atoms with van der Waals surface area (Å²) >= 11 is 6.03. The number of halogens is 1. The van der Waals surface area contributed by atoms with E-state index in [0.29, 0.717) is 12.3 Å². The van der Waals surface area contributed by atoms with Gasteiger partial charge in [-0.3, -0.25) is 4.79 Å². The lowest BCUT2D eigenvalue weighted by Gasteiger charge is -2.27. The van der Waals surface area contributed by atoms with Gasteiger partial charge in [-0.25, -0.2) is 0 Å². The van der Waals surface area contributed by atoms with Gasteiger partial charge in [0.2, 0.25) is 5.91 Å². The van der Waals surface area contributed by atoms with E-state index in [9.17, 15) is 4.79 Å². The minimum absolute atomic E-state index is 0.129. The molecule has 1 saturated carbocycles. The lowest BCUT2D eigenvalue weighted by molar-refractivity contribution is -0.122. The zero-order valence-electron chi connectivity index (χ0n) is 11.5. The molecule has 104 valence electrons. The molecule has 1 N–H and O–H groups in total. The molecule has 0 saturated heterocycles. The first kappa shape index (κ1) is 14.4. The molecule has 0 spiro atoms. The quantitative estimate of drug-likeness (QED) is 0.820. The molecule has 1 aromatic rings. The van der Waals surface area contributed by atoms with Crippen LogP contribution in [0.15, 0.2) is 24.3 Å². The Kier molecular flexibility index (Phi) is 4.87. The smallest absolute Gasteiger partial charge is 0.220 e. The first-order valence-corrected chi connectivity index (χ1v) is 7.60. The van der Waals surface area contributed by atoms with Crippen LogP contribution in [0.4, 0.5) is 0 Å². The molecule has 0 heterocycles. The maximum Gasteiger partial charge on any atom is 0.220 e. The summed E-state index contributed by atoms with van der Waals surface area (Å²) in [6.07, 6.45) is 5.73. The standard InChI is InChI=1S/C16H22ClNO/c1-13-5-4-6-14(11-13)7-8-15(19)18-16(12-17)9-2-3-10-16/h4-6,11H,2-3,7-10,12H2,1H3,(H,18,19). The molecule has 0 unspecified atom stereocenters. The van der Waals surface area contributed by atoms with Crippen molar-refractivity contribution in [1.82, 2.24) is 5.32 Å². The maximum absolute atomic E-state index is 12.1. The van der Waals surface area contributed by atoms with E-state index in [1.807, 2.05) is 6.07 Å². The van der Waals surface area contributed by atoms with Crippen molar-refractivity contribution >= 4 is 17.5 Å². The summed E-state index contributed by atoms with van der Waals surface area (Å²) in [4.78, 5) is 12.1. The minimum Gasteiger partial charge on any atom is -0.349 e. The molecule has 0 bridgehead atoms. The number of amides is 1. The molecule has 1 amide bonds. The van der Waals surface area contributed by atoms with Gasteiger partial charge in [0.05, 0.1) is 5.54 Å². The number of carbonyl (C=O) groups excluding carboxylic acids is 1. The SMILES string of the molecule is Cc1cccc(CCC(=O)NC2(CCl)CCCC2)c1. The zero-order chi connectivity index (χ0) is 13.7. The highest BCUT2D eigenvalue weighted by Gasteiger charge is 2.34. The van der Waals surface area contributed by atoms with E-state index in [0.717, 1.165) is 19.3 Å². The highest BCUT2D eigenvalue weighted by Crippen LogP contribution is 2.30. The Bertz CT molecular complexity index is 438. The summed E-state index contributed by atoms with van der Waals surface area (Å²) in [5, 5.41) is 3.16. The van der Waals surface area contributed by atoms with Crippen LogP contribution in [0.2, 0.25) is 0 Å². The molecule has 19 heavy (non-hydrogen) atoms. The van der Waals surface area contributed by atoms with Gasteiger partial charge in [0.15, 0.2) is 0 Å². The number of alkyl halides is 1. The number of aryl methyl sites for hydroxylation is 2. The predicted molar refractivity (Wildman–Crippen MR) is 79.6 cm³/mol. The Morgan fingerprint density at radius 1 is 1.37 bits per heavy atom. The first-order valence-electron chi connectivity index (χ1n) is 7.06. The second-order valence-electron chi connectivity index (χ2n) is 5.66. The molecule has 0 aliphatic heterocycles. The number of benzene rings is 1. The number of hydrogen-bond donors (Lipinski definition) is 1. The second-order valence-corrected chi connectivity index (χ2v) is 5.93. The van der Waals surface area contributed by atoms with Crippen LogP contribution < -0.4 is 5.32 Å². The third-order valence-electron chi connectivity index (χ3n) is 3.94. The van der Waals surface area contributed by atoms with Gasteiger partial charge in [0.25, 0.3) is 0 Å². The van der Waals surface area contributed by atoms with Gasteiger partial charge in [-0.05, 0) is 31.7 Å². The molecule has 1 fully saturated rings. The van der Waals surface area contributed by atoms with Crippen LogP contribution >= 0.6 is 11.6 Å². The molecule has 2 nitrogen and oxygen atoms in total. The fourth-order valence-electron chi connectivity index (χ4n) is 2.83. The molecule has 0 aromatic heterocycles. The van der Waals surface area contributed by atoms with E-state index < -0.39 is 0 Å². The Balaban J connectivity index is 1.84. The van der Waals surface area contributed by atoms with Crippen molar-refractivity contribution in [3.8, 4) is 0 Å². The fraction of sp³-hybridized carbons (Fsp3) is 0.562. The van der Waals surface area contributed by atoms with Crippen molar-refractivity contribution in [3.05, 3.63) is 35.4 Å². The number of rotatable bonds is 5. The Morgan fingerprint density at radius 2 is 2.11 bits per heavy atom. The molecule has 1 aromatic carbocycles. The van der Waals surface area contributed by atoms with Crippen molar-refractivity contribution < 1.29 is 4.79 Å². The molecule has 0 radical (unpaired) electrons. The van der Waals surface area contributed by atoms with Crippen LogP contribution in [0.5, 0.6) is 0 Å². The monoisotopic (exact) mass is 279 g/mol. The molecule has 1 aliphatic carbocycles. The number of carbonyl (C=O) groups is 1. The molecule has 3 heteroatoms. The lowest BCUT2D eigenvalue weighted by atomic mass is 9.99. The summed E-state index contributed by atoms with van der Waals surface area (Å²) in [6.45, 7) is 2.07. The van der Waals surface area contributed by atoms with Crippen LogP contribution in [0.3, 0.4) is 0 Å².